The summed E-state index contributed by atoms with van der Waals surface area (Å²) in [4.78, 5) is 24.2. The zero-order valence-corrected chi connectivity index (χ0v) is 16.2. The predicted molar refractivity (Wildman–Crippen MR) is 113 cm³/mol. The van der Waals surface area contributed by atoms with Crippen molar-refractivity contribution in [1.82, 2.24) is 4.57 Å². The maximum atomic E-state index is 12.9. The zero-order chi connectivity index (χ0) is 21.3. The van der Waals surface area contributed by atoms with E-state index in [-0.39, 0.29) is 10.2 Å². The van der Waals surface area contributed by atoms with Crippen molar-refractivity contribution < 1.29 is 18.0 Å². The lowest BCUT2D eigenvalue weighted by molar-refractivity contribution is -0.137. The normalized spacial score (nSPS) is 12.0. The highest BCUT2D eigenvalue weighted by Gasteiger charge is 2.31. The lowest BCUT2D eigenvalue weighted by Gasteiger charge is -2.06. The molecule has 0 aliphatic carbocycles. The van der Waals surface area contributed by atoms with Crippen LogP contribution in [-0.2, 0) is 6.18 Å². The van der Waals surface area contributed by atoms with Gasteiger partial charge in [-0.25, -0.2) is 4.57 Å². The number of carbonyl (C=O) groups excluding carboxylic acids is 1. The Morgan fingerprint density at radius 1 is 0.900 bits per heavy atom. The van der Waals surface area contributed by atoms with E-state index in [1.54, 1.807) is 6.08 Å². The fourth-order valence-electron chi connectivity index (χ4n) is 3.10. The predicted octanol–water partition coefficient (Wildman–Crippen LogP) is 6.10. The summed E-state index contributed by atoms with van der Waals surface area (Å²) in [7, 11) is 0. The minimum absolute atomic E-state index is 0.114. The summed E-state index contributed by atoms with van der Waals surface area (Å²) in [5.74, 6) is -0.615. The Bertz CT molecular complexity index is 1320. The molecule has 150 valence electrons. The standard InChI is InChI=1S/C23H14F3NO2S/c24-23(25,26)18-10-11-19-20(14-18)30-22(29)27(19)21(28)12-9-15-5-4-8-17(13-15)16-6-2-1-3-7-16/h1-14H/b12-9+. The van der Waals surface area contributed by atoms with Crippen LogP contribution in [0.4, 0.5) is 13.2 Å². The van der Waals surface area contributed by atoms with Crippen molar-refractivity contribution in [2.75, 3.05) is 0 Å². The smallest absolute Gasteiger partial charge is 0.269 e. The van der Waals surface area contributed by atoms with Crippen LogP contribution >= 0.6 is 11.3 Å². The molecular formula is C23H14F3NO2S. The first-order valence-electron chi connectivity index (χ1n) is 8.94. The number of nitrogens with zero attached hydrogens (tertiary/aromatic N) is 1. The molecule has 0 aliphatic rings. The van der Waals surface area contributed by atoms with Gasteiger partial charge in [-0.05, 0) is 47.0 Å². The molecule has 0 unspecified atom stereocenters. The van der Waals surface area contributed by atoms with E-state index in [0.717, 1.165) is 39.5 Å². The summed E-state index contributed by atoms with van der Waals surface area (Å²) in [6.07, 6.45) is -1.69. The van der Waals surface area contributed by atoms with E-state index < -0.39 is 22.5 Å². The molecular weight excluding hydrogens is 411 g/mol. The first kappa shape index (κ1) is 19.8. The molecule has 0 amide bonds. The fraction of sp³-hybridized carbons (Fsp3) is 0.0435. The molecule has 0 atom stereocenters. The van der Waals surface area contributed by atoms with Crippen molar-refractivity contribution in [3.63, 3.8) is 0 Å². The summed E-state index contributed by atoms with van der Waals surface area (Å²) in [6.45, 7) is 0. The highest BCUT2D eigenvalue weighted by Crippen LogP contribution is 2.32. The second-order valence-corrected chi connectivity index (χ2v) is 7.54. The average molecular weight is 425 g/mol. The number of hydrogen-bond donors (Lipinski definition) is 0. The van der Waals surface area contributed by atoms with E-state index in [1.807, 2.05) is 54.6 Å². The van der Waals surface area contributed by atoms with Gasteiger partial charge < -0.3 is 0 Å². The molecule has 30 heavy (non-hydrogen) atoms. The number of rotatable bonds is 3. The Kier molecular flexibility index (Phi) is 5.13. The summed E-state index contributed by atoms with van der Waals surface area (Å²) >= 11 is 0.611. The highest BCUT2D eigenvalue weighted by atomic mass is 32.1. The molecule has 0 spiro atoms. The third kappa shape index (κ3) is 3.97. The van der Waals surface area contributed by atoms with Crippen molar-refractivity contribution >= 4 is 33.5 Å². The van der Waals surface area contributed by atoms with Gasteiger partial charge in [-0.2, -0.15) is 13.2 Å². The molecule has 0 radical (unpaired) electrons. The summed E-state index contributed by atoms with van der Waals surface area (Å²) in [6, 6.07) is 20.2. The van der Waals surface area contributed by atoms with Crippen LogP contribution in [0.2, 0.25) is 0 Å². The molecule has 7 heteroatoms. The third-order valence-corrected chi connectivity index (χ3v) is 5.44. The number of allylic oxidation sites excluding steroid dienone is 1. The van der Waals surface area contributed by atoms with Crippen LogP contribution in [0.15, 0.2) is 83.7 Å². The van der Waals surface area contributed by atoms with Crippen LogP contribution in [-0.4, -0.2) is 10.5 Å². The largest absolute Gasteiger partial charge is 0.416 e. The van der Waals surface area contributed by atoms with Crippen molar-refractivity contribution in [2.45, 2.75) is 6.18 Å². The van der Waals surface area contributed by atoms with E-state index >= 15 is 0 Å². The molecule has 0 fully saturated rings. The molecule has 4 rings (SSSR count). The van der Waals surface area contributed by atoms with Gasteiger partial charge in [0.1, 0.15) is 0 Å². The number of benzene rings is 3. The van der Waals surface area contributed by atoms with Gasteiger partial charge in [-0.3, -0.25) is 9.59 Å². The second-order valence-electron chi connectivity index (χ2n) is 6.55. The van der Waals surface area contributed by atoms with Crippen LogP contribution in [0.25, 0.3) is 27.4 Å². The molecule has 4 aromatic rings. The van der Waals surface area contributed by atoms with Gasteiger partial charge in [-0.1, -0.05) is 59.9 Å². The van der Waals surface area contributed by atoms with Gasteiger partial charge in [0.15, 0.2) is 0 Å². The lowest BCUT2D eigenvalue weighted by atomic mass is 10.0. The van der Waals surface area contributed by atoms with Crippen molar-refractivity contribution in [3.8, 4) is 11.1 Å². The monoisotopic (exact) mass is 425 g/mol. The van der Waals surface area contributed by atoms with Gasteiger partial charge in [-0.15, -0.1) is 0 Å². The van der Waals surface area contributed by atoms with Gasteiger partial charge in [0.25, 0.3) is 5.91 Å². The first-order valence-corrected chi connectivity index (χ1v) is 9.75. The number of alkyl halides is 3. The number of aromatic nitrogens is 1. The average Bonchev–Trinajstić information content (AvgIpc) is 3.07. The van der Waals surface area contributed by atoms with Gasteiger partial charge in [0, 0.05) is 6.08 Å². The highest BCUT2D eigenvalue weighted by molar-refractivity contribution is 7.16. The molecule has 0 aliphatic heterocycles. The van der Waals surface area contributed by atoms with Crippen LogP contribution in [0.3, 0.4) is 0 Å². The molecule has 3 nitrogen and oxygen atoms in total. The molecule has 3 aromatic carbocycles. The fourth-order valence-corrected chi connectivity index (χ4v) is 4.02. The van der Waals surface area contributed by atoms with Crippen LogP contribution in [0.1, 0.15) is 15.9 Å². The van der Waals surface area contributed by atoms with Crippen LogP contribution < -0.4 is 4.87 Å². The number of hydrogen-bond acceptors (Lipinski definition) is 3. The Morgan fingerprint density at radius 2 is 1.63 bits per heavy atom. The number of carbonyl (C=O) groups is 1. The Balaban J connectivity index is 1.65. The molecule has 0 bridgehead atoms. The minimum atomic E-state index is -4.51. The maximum Gasteiger partial charge on any atom is 0.416 e. The Hall–Kier alpha value is -3.45. The van der Waals surface area contributed by atoms with Gasteiger partial charge in [0.2, 0.25) is 0 Å². The van der Waals surface area contributed by atoms with E-state index in [0.29, 0.717) is 11.3 Å². The quantitative estimate of drug-likeness (QED) is 0.372. The van der Waals surface area contributed by atoms with Crippen LogP contribution in [0.5, 0.6) is 0 Å². The SMILES string of the molecule is O=C(/C=C/c1cccc(-c2ccccc2)c1)n1c(=O)sc2cc(C(F)(F)F)ccc21. The molecule has 1 aromatic heterocycles. The zero-order valence-electron chi connectivity index (χ0n) is 15.4. The Morgan fingerprint density at radius 3 is 2.37 bits per heavy atom. The first-order chi connectivity index (χ1) is 14.3. The summed E-state index contributed by atoms with van der Waals surface area (Å²) in [5, 5.41) is 0. The van der Waals surface area contributed by atoms with Crippen molar-refractivity contribution in [1.29, 1.82) is 0 Å². The summed E-state index contributed by atoms with van der Waals surface area (Å²) in [5.41, 5.74) is 2.06. The third-order valence-electron chi connectivity index (χ3n) is 4.54. The number of halogens is 3. The van der Waals surface area contributed by atoms with Crippen molar-refractivity contribution in [2.24, 2.45) is 0 Å². The van der Waals surface area contributed by atoms with Crippen molar-refractivity contribution in [3.05, 3.63) is 99.7 Å². The van der Waals surface area contributed by atoms with Gasteiger partial charge >= 0.3 is 11.0 Å². The van der Waals surface area contributed by atoms with Gasteiger partial charge in [0.05, 0.1) is 15.8 Å². The topological polar surface area (TPSA) is 39.1 Å². The van der Waals surface area contributed by atoms with E-state index in [1.165, 1.54) is 6.08 Å². The minimum Gasteiger partial charge on any atom is -0.269 e. The summed E-state index contributed by atoms with van der Waals surface area (Å²) < 4.78 is 39.7. The molecule has 1 heterocycles. The molecule has 0 N–H and O–H groups in total. The Labute approximate surface area is 173 Å². The van der Waals surface area contributed by atoms with Crippen LogP contribution in [0, 0.1) is 0 Å². The molecule has 0 saturated heterocycles. The number of fused-ring (bicyclic) bond motifs is 1. The van der Waals surface area contributed by atoms with E-state index in [9.17, 15) is 22.8 Å². The second kappa shape index (κ2) is 7.76. The van der Waals surface area contributed by atoms with E-state index in [4.69, 9.17) is 0 Å². The maximum absolute atomic E-state index is 12.9. The van der Waals surface area contributed by atoms with E-state index in [2.05, 4.69) is 0 Å². The molecule has 0 saturated carbocycles. The number of thiazole rings is 1. The lowest BCUT2D eigenvalue weighted by Crippen LogP contribution is -2.19.